The molecule has 1 aromatic heterocycles. The van der Waals surface area contributed by atoms with Crippen LogP contribution in [0.3, 0.4) is 0 Å². The van der Waals surface area contributed by atoms with Gasteiger partial charge in [-0.3, -0.25) is 10.1 Å². The molecular weight excluding hydrogens is 311 g/mol. The fourth-order valence-electron chi connectivity index (χ4n) is 1.31. The van der Waals surface area contributed by atoms with Gasteiger partial charge in [0, 0.05) is 10.5 Å². The van der Waals surface area contributed by atoms with Crippen LogP contribution in [-0.2, 0) is 5.88 Å². The quantitative estimate of drug-likeness (QED) is 0.495. The van der Waals surface area contributed by atoms with Crippen LogP contribution in [0.5, 0.6) is 0 Å². The molecule has 0 bridgehead atoms. The fraction of sp³-hybridized carbons (Fsp3) is 0.111. The molecule has 0 saturated heterocycles. The minimum atomic E-state index is -0.470. The minimum absolute atomic E-state index is 0.0506. The summed E-state index contributed by atoms with van der Waals surface area (Å²) in [6.07, 6.45) is 1.56. The van der Waals surface area contributed by atoms with Crippen molar-refractivity contribution in [3.8, 4) is 5.69 Å². The molecule has 0 unspecified atom stereocenters. The smallest absolute Gasteiger partial charge is 0.258 e. The first-order chi connectivity index (χ1) is 8.11. The van der Waals surface area contributed by atoms with Gasteiger partial charge >= 0.3 is 0 Å². The zero-order valence-electron chi connectivity index (χ0n) is 8.38. The highest BCUT2D eigenvalue weighted by Gasteiger charge is 2.17. The number of hydrogen-bond acceptors (Lipinski definition) is 4. The van der Waals surface area contributed by atoms with E-state index in [2.05, 4.69) is 26.2 Å². The van der Waals surface area contributed by atoms with E-state index < -0.39 is 4.92 Å². The van der Waals surface area contributed by atoms with Crippen molar-refractivity contribution in [2.75, 3.05) is 0 Å². The molecule has 2 rings (SSSR count). The number of halogens is 2. The maximum absolute atomic E-state index is 10.9. The van der Waals surface area contributed by atoms with Crippen LogP contribution in [0.15, 0.2) is 28.9 Å². The van der Waals surface area contributed by atoms with Gasteiger partial charge in [0.2, 0.25) is 0 Å². The Bertz CT molecular complexity index is 572. The van der Waals surface area contributed by atoms with Gasteiger partial charge in [0.05, 0.1) is 22.7 Å². The monoisotopic (exact) mass is 316 g/mol. The maximum Gasteiger partial charge on any atom is 0.296 e. The molecule has 0 radical (unpaired) electrons. The number of alkyl halides is 1. The Balaban J connectivity index is 2.54. The molecule has 0 spiro atoms. The van der Waals surface area contributed by atoms with E-state index in [9.17, 15) is 10.1 Å². The van der Waals surface area contributed by atoms with E-state index in [0.29, 0.717) is 15.9 Å². The Labute approximate surface area is 109 Å². The van der Waals surface area contributed by atoms with E-state index in [1.54, 1.807) is 18.3 Å². The van der Waals surface area contributed by atoms with E-state index in [-0.39, 0.29) is 11.6 Å². The van der Waals surface area contributed by atoms with Gasteiger partial charge in [-0.25, -0.2) is 4.68 Å². The molecule has 0 aliphatic heterocycles. The normalized spacial score (nSPS) is 10.5. The Morgan fingerprint density at radius 3 is 2.88 bits per heavy atom. The first kappa shape index (κ1) is 12.0. The van der Waals surface area contributed by atoms with Crippen molar-refractivity contribution in [1.82, 2.24) is 15.0 Å². The van der Waals surface area contributed by atoms with Gasteiger partial charge in [-0.15, -0.1) is 16.7 Å². The second kappa shape index (κ2) is 4.80. The number of rotatable bonds is 3. The summed E-state index contributed by atoms with van der Waals surface area (Å²) in [6, 6.07) is 4.71. The summed E-state index contributed by atoms with van der Waals surface area (Å²) in [7, 11) is 0. The first-order valence-electron chi connectivity index (χ1n) is 4.53. The summed E-state index contributed by atoms with van der Waals surface area (Å²) in [5, 5.41) is 18.5. The molecular formula is C9H6BrClN4O2. The Kier molecular flexibility index (Phi) is 3.39. The standard InChI is InChI=1S/C9H6BrClN4O2/c10-6-1-2-8(9(3-6)15(16)17)14-5-7(4-11)12-13-14/h1-3,5H,4H2. The van der Waals surface area contributed by atoms with Gasteiger partial charge in [-0.05, 0) is 12.1 Å². The third-order valence-electron chi connectivity index (χ3n) is 2.06. The summed E-state index contributed by atoms with van der Waals surface area (Å²) >= 11 is 8.78. The highest BCUT2D eigenvalue weighted by molar-refractivity contribution is 9.10. The predicted molar refractivity (Wildman–Crippen MR) is 65.3 cm³/mol. The lowest BCUT2D eigenvalue weighted by molar-refractivity contribution is -0.384. The molecule has 88 valence electrons. The number of aromatic nitrogens is 3. The topological polar surface area (TPSA) is 73.8 Å². The molecule has 0 atom stereocenters. The van der Waals surface area contributed by atoms with Crippen molar-refractivity contribution < 1.29 is 4.92 Å². The van der Waals surface area contributed by atoms with Crippen LogP contribution in [0, 0.1) is 10.1 Å². The minimum Gasteiger partial charge on any atom is -0.258 e. The number of nitrogens with zero attached hydrogens (tertiary/aromatic N) is 4. The fourth-order valence-corrected chi connectivity index (χ4v) is 1.79. The maximum atomic E-state index is 10.9. The molecule has 2 aromatic rings. The summed E-state index contributed by atoms with van der Waals surface area (Å²) < 4.78 is 1.97. The lowest BCUT2D eigenvalue weighted by Gasteiger charge is -2.01. The van der Waals surface area contributed by atoms with Crippen LogP contribution in [-0.4, -0.2) is 19.9 Å². The average molecular weight is 318 g/mol. The lowest BCUT2D eigenvalue weighted by Crippen LogP contribution is -2.00. The van der Waals surface area contributed by atoms with E-state index in [1.807, 2.05) is 0 Å². The zero-order chi connectivity index (χ0) is 12.4. The number of nitro groups is 1. The van der Waals surface area contributed by atoms with Crippen molar-refractivity contribution in [2.24, 2.45) is 0 Å². The van der Waals surface area contributed by atoms with Gasteiger partial charge in [0.1, 0.15) is 5.69 Å². The van der Waals surface area contributed by atoms with Crippen LogP contribution in [0.2, 0.25) is 0 Å². The molecule has 0 N–H and O–H groups in total. The van der Waals surface area contributed by atoms with Gasteiger partial charge in [-0.2, -0.15) is 0 Å². The molecule has 17 heavy (non-hydrogen) atoms. The van der Waals surface area contributed by atoms with Crippen molar-refractivity contribution in [2.45, 2.75) is 5.88 Å². The highest BCUT2D eigenvalue weighted by atomic mass is 79.9. The molecule has 1 aromatic carbocycles. The summed E-state index contributed by atoms with van der Waals surface area (Å²) in [4.78, 5) is 10.5. The van der Waals surface area contributed by atoms with E-state index >= 15 is 0 Å². The largest absolute Gasteiger partial charge is 0.296 e. The van der Waals surface area contributed by atoms with E-state index in [1.165, 1.54) is 10.7 Å². The van der Waals surface area contributed by atoms with Crippen LogP contribution < -0.4 is 0 Å². The Hall–Kier alpha value is -1.47. The highest BCUT2D eigenvalue weighted by Crippen LogP contribution is 2.26. The SMILES string of the molecule is O=[N+]([O-])c1cc(Br)ccc1-n1cc(CCl)nn1. The lowest BCUT2D eigenvalue weighted by atomic mass is 10.3. The Morgan fingerprint density at radius 2 is 2.29 bits per heavy atom. The van der Waals surface area contributed by atoms with Gasteiger partial charge in [0.25, 0.3) is 5.69 Å². The van der Waals surface area contributed by atoms with Crippen LogP contribution >= 0.6 is 27.5 Å². The molecule has 0 aliphatic rings. The van der Waals surface area contributed by atoms with Crippen LogP contribution in [0.1, 0.15) is 5.69 Å². The molecule has 0 saturated carbocycles. The summed E-state index contributed by atoms with van der Waals surface area (Å²) in [5.74, 6) is 0.213. The van der Waals surface area contributed by atoms with E-state index in [0.717, 1.165) is 0 Å². The van der Waals surface area contributed by atoms with Crippen molar-refractivity contribution >= 4 is 33.2 Å². The van der Waals surface area contributed by atoms with Crippen LogP contribution in [0.25, 0.3) is 5.69 Å². The third kappa shape index (κ3) is 2.45. The molecule has 0 fully saturated rings. The zero-order valence-corrected chi connectivity index (χ0v) is 10.7. The van der Waals surface area contributed by atoms with Crippen molar-refractivity contribution in [3.05, 3.63) is 44.7 Å². The molecule has 1 heterocycles. The number of nitro benzene ring substituents is 1. The van der Waals surface area contributed by atoms with Crippen molar-refractivity contribution in [3.63, 3.8) is 0 Å². The average Bonchev–Trinajstić information content (AvgIpc) is 2.77. The number of benzene rings is 1. The van der Waals surface area contributed by atoms with Gasteiger partial charge in [0.15, 0.2) is 0 Å². The number of hydrogen-bond donors (Lipinski definition) is 0. The molecule has 0 aliphatic carbocycles. The molecule has 0 amide bonds. The van der Waals surface area contributed by atoms with Gasteiger partial charge < -0.3 is 0 Å². The molecule has 8 heteroatoms. The second-order valence-electron chi connectivity index (χ2n) is 3.18. The van der Waals surface area contributed by atoms with Crippen LogP contribution in [0.4, 0.5) is 5.69 Å². The first-order valence-corrected chi connectivity index (χ1v) is 5.86. The predicted octanol–water partition coefficient (Wildman–Crippen LogP) is 2.68. The summed E-state index contributed by atoms with van der Waals surface area (Å²) in [6.45, 7) is 0. The Morgan fingerprint density at radius 1 is 1.53 bits per heavy atom. The second-order valence-corrected chi connectivity index (χ2v) is 4.36. The van der Waals surface area contributed by atoms with Gasteiger partial charge in [-0.1, -0.05) is 21.1 Å². The third-order valence-corrected chi connectivity index (χ3v) is 2.83. The molecule has 6 nitrogen and oxygen atoms in total. The van der Waals surface area contributed by atoms with Crippen molar-refractivity contribution in [1.29, 1.82) is 0 Å². The summed E-state index contributed by atoms with van der Waals surface area (Å²) in [5.41, 5.74) is 0.858. The van der Waals surface area contributed by atoms with E-state index in [4.69, 9.17) is 11.6 Å².